The van der Waals surface area contributed by atoms with Crippen molar-refractivity contribution in [3.8, 4) is 11.1 Å². The number of pyridine rings is 1. The topological polar surface area (TPSA) is 62.1 Å². The Morgan fingerprint density at radius 2 is 1.42 bits per heavy atom. The van der Waals surface area contributed by atoms with Crippen molar-refractivity contribution in [2.45, 2.75) is 13.5 Å². The van der Waals surface area contributed by atoms with E-state index in [1.165, 1.54) is 6.92 Å². The van der Waals surface area contributed by atoms with Gasteiger partial charge in [0.05, 0.1) is 0 Å². The second kappa shape index (κ2) is 8.07. The van der Waals surface area contributed by atoms with Crippen molar-refractivity contribution in [3.05, 3.63) is 79.1 Å². The zero-order valence-corrected chi connectivity index (χ0v) is 14.5. The maximum Gasteiger partial charge on any atom is 0.290 e. The Bertz CT molecular complexity index is 906. The van der Waals surface area contributed by atoms with Crippen LogP contribution in [0.5, 0.6) is 0 Å². The van der Waals surface area contributed by atoms with Crippen molar-refractivity contribution in [1.82, 2.24) is 0 Å². The molecule has 0 aliphatic rings. The molecule has 3 rings (SSSR count). The summed E-state index contributed by atoms with van der Waals surface area (Å²) in [6.07, 6.45) is 3.82. The maximum absolute atomic E-state index is 12.3. The Morgan fingerprint density at radius 1 is 0.808 bits per heavy atom. The molecule has 0 spiro atoms. The maximum atomic E-state index is 12.3. The number of anilines is 2. The monoisotopic (exact) mass is 346 g/mol. The predicted molar refractivity (Wildman–Crippen MR) is 101 cm³/mol. The van der Waals surface area contributed by atoms with Gasteiger partial charge in [-0.2, -0.15) is 4.57 Å². The van der Waals surface area contributed by atoms with Crippen LogP contribution in [-0.2, 0) is 16.1 Å². The smallest absolute Gasteiger partial charge is 0.290 e. The first-order valence-corrected chi connectivity index (χ1v) is 8.32. The summed E-state index contributed by atoms with van der Waals surface area (Å²) in [6, 6.07) is 21.0. The highest BCUT2D eigenvalue weighted by molar-refractivity contribution is 5.91. The van der Waals surface area contributed by atoms with E-state index in [4.69, 9.17) is 0 Å². The van der Waals surface area contributed by atoms with Gasteiger partial charge in [0, 0.05) is 29.9 Å². The summed E-state index contributed by atoms with van der Waals surface area (Å²) >= 11 is 0. The minimum absolute atomic E-state index is 0.118. The summed E-state index contributed by atoms with van der Waals surface area (Å²) in [7, 11) is 0. The van der Waals surface area contributed by atoms with E-state index in [0.717, 1.165) is 11.1 Å². The molecule has 0 saturated carbocycles. The third-order valence-electron chi connectivity index (χ3n) is 3.78. The van der Waals surface area contributed by atoms with Gasteiger partial charge in [-0.1, -0.05) is 30.3 Å². The highest BCUT2D eigenvalue weighted by Gasteiger charge is 2.11. The Hall–Kier alpha value is -3.47. The fourth-order valence-electron chi connectivity index (χ4n) is 2.63. The zero-order valence-electron chi connectivity index (χ0n) is 14.5. The molecule has 0 fully saturated rings. The minimum atomic E-state index is -0.128. The lowest BCUT2D eigenvalue weighted by atomic mass is 10.1. The fourth-order valence-corrected chi connectivity index (χ4v) is 2.63. The van der Waals surface area contributed by atoms with Crippen LogP contribution in [-0.4, -0.2) is 11.8 Å². The van der Waals surface area contributed by atoms with Gasteiger partial charge in [0.2, 0.25) is 12.5 Å². The van der Waals surface area contributed by atoms with Gasteiger partial charge in [0.15, 0.2) is 12.4 Å². The van der Waals surface area contributed by atoms with E-state index in [0.29, 0.717) is 11.4 Å². The molecule has 130 valence electrons. The van der Waals surface area contributed by atoms with Crippen LogP contribution in [0.2, 0.25) is 0 Å². The van der Waals surface area contributed by atoms with Crippen LogP contribution in [0.15, 0.2) is 79.1 Å². The van der Waals surface area contributed by atoms with E-state index in [1.807, 2.05) is 59.4 Å². The van der Waals surface area contributed by atoms with Gasteiger partial charge in [-0.05, 0) is 35.9 Å². The van der Waals surface area contributed by atoms with Gasteiger partial charge in [-0.25, -0.2) is 0 Å². The molecular formula is C21H20N3O2+. The van der Waals surface area contributed by atoms with Crippen LogP contribution in [0.25, 0.3) is 11.1 Å². The van der Waals surface area contributed by atoms with Crippen LogP contribution >= 0.6 is 0 Å². The molecule has 0 radical (unpaired) electrons. The highest BCUT2D eigenvalue weighted by atomic mass is 16.2. The lowest BCUT2D eigenvalue weighted by molar-refractivity contribution is -0.683. The molecule has 0 bridgehead atoms. The van der Waals surface area contributed by atoms with Crippen molar-refractivity contribution in [2.75, 3.05) is 10.6 Å². The van der Waals surface area contributed by atoms with Crippen LogP contribution in [0, 0.1) is 0 Å². The molecule has 2 N–H and O–H groups in total. The van der Waals surface area contributed by atoms with E-state index >= 15 is 0 Å². The molecule has 1 aromatic heterocycles. The lowest BCUT2D eigenvalue weighted by Gasteiger charge is -2.06. The summed E-state index contributed by atoms with van der Waals surface area (Å²) in [5.41, 5.74) is 3.54. The van der Waals surface area contributed by atoms with E-state index in [1.54, 1.807) is 24.3 Å². The summed E-state index contributed by atoms with van der Waals surface area (Å²) in [5, 5.41) is 5.55. The molecule has 2 amide bonds. The second-order valence-electron chi connectivity index (χ2n) is 5.94. The zero-order chi connectivity index (χ0) is 18.4. The summed E-state index contributed by atoms with van der Waals surface area (Å²) in [5.74, 6) is -0.246. The Kier molecular flexibility index (Phi) is 5.39. The molecule has 0 aliphatic carbocycles. The number of rotatable bonds is 5. The normalized spacial score (nSPS) is 10.2. The van der Waals surface area contributed by atoms with Gasteiger partial charge in [-0.3, -0.25) is 9.59 Å². The molecule has 0 aliphatic heterocycles. The largest absolute Gasteiger partial charge is 0.326 e. The molecule has 0 atom stereocenters. The number of hydrogen-bond donors (Lipinski definition) is 2. The third kappa shape index (κ3) is 4.77. The number of hydrogen-bond acceptors (Lipinski definition) is 2. The van der Waals surface area contributed by atoms with Crippen molar-refractivity contribution in [3.63, 3.8) is 0 Å². The van der Waals surface area contributed by atoms with Gasteiger partial charge >= 0.3 is 0 Å². The van der Waals surface area contributed by atoms with E-state index < -0.39 is 0 Å². The number of aromatic nitrogens is 1. The standard InChI is InChI=1S/C21H19N3O2/c1-16(25)22-19-9-11-20(12-10-19)23-21(26)15-24-13-5-8-18(14-24)17-6-3-2-4-7-17/h2-14H,15H2,1H3,(H-,22,23,25,26)/p+1. The van der Waals surface area contributed by atoms with E-state index in [2.05, 4.69) is 10.6 Å². The van der Waals surface area contributed by atoms with Crippen LogP contribution in [0.4, 0.5) is 11.4 Å². The number of nitrogens with zero attached hydrogens (tertiary/aromatic N) is 1. The third-order valence-corrected chi connectivity index (χ3v) is 3.78. The number of carbonyl (C=O) groups excluding carboxylic acids is 2. The van der Waals surface area contributed by atoms with Gasteiger partial charge in [0.1, 0.15) is 0 Å². The lowest BCUT2D eigenvalue weighted by Crippen LogP contribution is -2.39. The molecule has 2 aromatic carbocycles. The SMILES string of the molecule is CC(=O)Nc1ccc(NC(=O)C[n+]2cccc(-c3ccccc3)c2)cc1. The van der Waals surface area contributed by atoms with E-state index in [-0.39, 0.29) is 18.4 Å². The quantitative estimate of drug-likeness (QED) is 0.697. The Labute approximate surface area is 152 Å². The van der Waals surface area contributed by atoms with Gasteiger partial charge in [-0.15, -0.1) is 0 Å². The number of benzene rings is 2. The molecule has 1 heterocycles. The second-order valence-corrected chi connectivity index (χ2v) is 5.94. The molecule has 5 heteroatoms. The number of carbonyl (C=O) groups is 2. The average molecular weight is 346 g/mol. The molecule has 5 nitrogen and oxygen atoms in total. The van der Waals surface area contributed by atoms with E-state index in [9.17, 15) is 9.59 Å². The Morgan fingerprint density at radius 3 is 2.08 bits per heavy atom. The minimum Gasteiger partial charge on any atom is -0.326 e. The van der Waals surface area contributed by atoms with Crippen molar-refractivity contribution < 1.29 is 14.2 Å². The molecule has 26 heavy (non-hydrogen) atoms. The molecule has 0 saturated heterocycles. The summed E-state index contributed by atoms with van der Waals surface area (Å²) in [6.45, 7) is 1.67. The van der Waals surface area contributed by atoms with Crippen molar-refractivity contribution in [1.29, 1.82) is 0 Å². The summed E-state index contributed by atoms with van der Waals surface area (Å²) in [4.78, 5) is 23.3. The fraction of sp³-hybridized carbons (Fsp3) is 0.0952. The van der Waals surface area contributed by atoms with Gasteiger partial charge in [0.25, 0.3) is 5.91 Å². The van der Waals surface area contributed by atoms with Crippen LogP contribution in [0.3, 0.4) is 0 Å². The number of nitrogens with one attached hydrogen (secondary N) is 2. The molecule has 0 unspecified atom stereocenters. The first-order chi connectivity index (χ1) is 12.6. The Balaban J connectivity index is 1.64. The molecular weight excluding hydrogens is 326 g/mol. The first-order valence-electron chi connectivity index (χ1n) is 8.32. The van der Waals surface area contributed by atoms with Crippen molar-refractivity contribution in [2.24, 2.45) is 0 Å². The van der Waals surface area contributed by atoms with Crippen LogP contribution < -0.4 is 15.2 Å². The predicted octanol–water partition coefficient (Wildman–Crippen LogP) is 3.24. The first kappa shape index (κ1) is 17.4. The van der Waals surface area contributed by atoms with Gasteiger partial charge < -0.3 is 10.6 Å². The van der Waals surface area contributed by atoms with Crippen molar-refractivity contribution >= 4 is 23.2 Å². The molecule has 3 aromatic rings. The average Bonchev–Trinajstić information content (AvgIpc) is 2.64. The number of amides is 2. The highest BCUT2D eigenvalue weighted by Crippen LogP contribution is 2.16. The van der Waals surface area contributed by atoms with Crippen LogP contribution in [0.1, 0.15) is 6.92 Å². The summed E-state index contributed by atoms with van der Waals surface area (Å²) < 4.78 is 1.85.